The number of nitrogens with one attached hydrogen (secondary N) is 1. The second-order valence-corrected chi connectivity index (χ2v) is 5.83. The lowest BCUT2D eigenvalue weighted by molar-refractivity contribution is 0.448. The van der Waals surface area contributed by atoms with Crippen molar-refractivity contribution in [2.24, 2.45) is 18.2 Å². The van der Waals surface area contributed by atoms with Crippen LogP contribution in [0.3, 0.4) is 0 Å². The molecule has 17 heavy (non-hydrogen) atoms. The summed E-state index contributed by atoms with van der Waals surface area (Å²) >= 11 is 1.72. The fraction of sp³-hybridized carbons (Fsp3) is 0.727. The van der Waals surface area contributed by atoms with E-state index in [0.717, 1.165) is 30.2 Å². The predicted molar refractivity (Wildman–Crippen MR) is 71.3 cm³/mol. The van der Waals surface area contributed by atoms with E-state index in [1.807, 2.05) is 20.9 Å². The number of nitrogens with two attached hydrogens (primary N) is 1. The second-order valence-electron chi connectivity index (χ2n) is 4.77. The van der Waals surface area contributed by atoms with Crippen molar-refractivity contribution in [2.45, 2.75) is 38.3 Å². The van der Waals surface area contributed by atoms with Crippen molar-refractivity contribution in [1.29, 1.82) is 5.41 Å². The number of aryl methyl sites for hydroxylation is 1. The van der Waals surface area contributed by atoms with Gasteiger partial charge in [0.2, 0.25) is 0 Å². The number of unbranched alkanes of at least 4 members (excludes halogenated alkanes) is 1. The van der Waals surface area contributed by atoms with Crippen LogP contribution in [0.15, 0.2) is 11.5 Å². The van der Waals surface area contributed by atoms with Crippen LogP contribution in [0.25, 0.3) is 0 Å². The first-order chi connectivity index (χ1) is 7.93. The topological polar surface area (TPSA) is 80.6 Å². The molecule has 0 saturated heterocycles. The Hall–Kier alpha value is -1.04. The third-order valence-corrected chi connectivity index (χ3v) is 3.95. The molecule has 1 aromatic rings. The van der Waals surface area contributed by atoms with Crippen molar-refractivity contribution < 1.29 is 0 Å². The normalized spacial score (nSPS) is 11.7. The molecule has 0 aliphatic rings. The summed E-state index contributed by atoms with van der Waals surface area (Å²) in [7, 11) is 1.90. The Morgan fingerprint density at radius 2 is 2.24 bits per heavy atom. The quantitative estimate of drug-likeness (QED) is 0.338. The largest absolute Gasteiger partial charge is 0.387 e. The molecule has 1 rings (SSSR count). The van der Waals surface area contributed by atoms with Crippen LogP contribution >= 0.6 is 11.8 Å². The van der Waals surface area contributed by atoms with Crippen LogP contribution in [0.2, 0.25) is 0 Å². The van der Waals surface area contributed by atoms with Gasteiger partial charge in [-0.3, -0.25) is 5.41 Å². The summed E-state index contributed by atoms with van der Waals surface area (Å²) in [6.07, 6.45) is 4.72. The maximum Gasteiger partial charge on any atom is 0.185 e. The summed E-state index contributed by atoms with van der Waals surface area (Å²) in [4.78, 5) is 4.15. The number of hydrogen-bond acceptors (Lipinski definition) is 4. The van der Waals surface area contributed by atoms with Crippen LogP contribution in [0.5, 0.6) is 0 Å². The zero-order chi connectivity index (χ0) is 12.9. The highest BCUT2D eigenvalue weighted by atomic mass is 32.2. The Morgan fingerprint density at radius 1 is 1.53 bits per heavy atom. The van der Waals surface area contributed by atoms with E-state index in [1.165, 1.54) is 0 Å². The molecule has 0 saturated carbocycles. The molecular formula is C11H21N5S. The van der Waals surface area contributed by atoms with Gasteiger partial charge in [-0.1, -0.05) is 32.0 Å². The van der Waals surface area contributed by atoms with Crippen LogP contribution < -0.4 is 5.73 Å². The van der Waals surface area contributed by atoms with Crippen LogP contribution in [0.4, 0.5) is 0 Å². The van der Waals surface area contributed by atoms with Gasteiger partial charge in [0.25, 0.3) is 0 Å². The molecule has 6 heteroatoms. The highest BCUT2D eigenvalue weighted by molar-refractivity contribution is 7.99. The smallest absolute Gasteiger partial charge is 0.185 e. The fourth-order valence-electron chi connectivity index (χ4n) is 1.38. The van der Waals surface area contributed by atoms with E-state index in [1.54, 1.807) is 22.8 Å². The predicted octanol–water partition coefficient (Wildman–Crippen LogP) is 2.04. The Labute approximate surface area is 107 Å². The summed E-state index contributed by atoms with van der Waals surface area (Å²) in [5, 5.41) is 12.4. The Morgan fingerprint density at radius 3 is 2.76 bits per heavy atom. The van der Waals surface area contributed by atoms with E-state index in [4.69, 9.17) is 11.1 Å². The van der Waals surface area contributed by atoms with Gasteiger partial charge in [0.15, 0.2) is 5.16 Å². The molecule has 5 nitrogen and oxygen atoms in total. The van der Waals surface area contributed by atoms with Gasteiger partial charge in [0.1, 0.15) is 6.33 Å². The number of hydrogen-bond donors (Lipinski definition) is 2. The number of rotatable bonds is 7. The Kier molecular flexibility index (Phi) is 4.99. The summed E-state index contributed by atoms with van der Waals surface area (Å²) in [5.41, 5.74) is 5.37. The van der Waals surface area contributed by atoms with Crippen molar-refractivity contribution in [3.8, 4) is 0 Å². The molecule has 0 radical (unpaired) electrons. The van der Waals surface area contributed by atoms with Crippen LogP contribution in [0.1, 0.15) is 33.1 Å². The average molecular weight is 255 g/mol. The van der Waals surface area contributed by atoms with E-state index in [0.29, 0.717) is 0 Å². The molecule has 1 aromatic heterocycles. The maximum atomic E-state index is 7.47. The highest BCUT2D eigenvalue weighted by Gasteiger charge is 2.20. The monoisotopic (exact) mass is 255 g/mol. The van der Waals surface area contributed by atoms with Crippen LogP contribution in [0, 0.1) is 10.8 Å². The fourth-order valence-corrected chi connectivity index (χ4v) is 2.27. The molecule has 3 N–H and O–H groups in total. The van der Waals surface area contributed by atoms with Gasteiger partial charge in [0, 0.05) is 18.2 Å². The summed E-state index contributed by atoms with van der Waals surface area (Å²) in [6, 6.07) is 0. The molecule has 0 spiro atoms. The maximum absolute atomic E-state index is 7.47. The third kappa shape index (κ3) is 4.38. The summed E-state index contributed by atoms with van der Waals surface area (Å²) in [5.74, 6) is 1.30. The zero-order valence-corrected chi connectivity index (χ0v) is 11.5. The second kappa shape index (κ2) is 6.05. The highest BCUT2D eigenvalue weighted by Crippen LogP contribution is 2.24. The number of amidine groups is 1. The van der Waals surface area contributed by atoms with Crippen LogP contribution in [-0.4, -0.2) is 26.4 Å². The zero-order valence-electron chi connectivity index (χ0n) is 10.7. The lowest BCUT2D eigenvalue weighted by atomic mass is 9.86. The molecule has 0 atom stereocenters. The molecule has 0 aliphatic carbocycles. The number of aromatic nitrogens is 3. The van der Waals surface area contributed by atoms with E-state index < -0.39 is 0 Å². The molecule has 1 heterocycles. The van der Waals surface area contributed by atoms with Crippen molar-refractivity contribution in [1.82, 2.24) is 14.8 Å². The Bertz CT molecular complexity index is 372. The van der Waals surface area contributed by atoms with Gasteiger partial charge >= 0.3 is 0 Å². The first-order valence-electron chi connectivity index (χ1n) is 5.75. The number of thioether (sulfide) groups is 1. The van der Waals surface area contributed by atoms with Gasteiger partial charge in [0.05, 0.1) is 5.84 Å². The van der Waals surface area contributed by atoms with Gasteiger partial charge in [-0.05, 0) is 12.8 Å². The molecule has 96 valence electrons. The lowest BCUT2D eigenvalue weighted by Gasteiger charge is -2.22. The molecule has 0 unspecified atom stereocenters. The SMILES string of the molecule is Cn1ncnc1SCCCCC(C)(C)C(=N)N. The molecule has 0 bridgehead atoms. The van der Waals surface area contributed by atoms with Crippen molar-refractivity contribution in [2.75, 3.05) is 5.75 Å². The van der Waals surface area contributed by atoms with Crippen molar-refractivity contribution in [3.63, 3.8) is 0 Å². The summed E-state index contributed by atoms with van der Waals surface area (Å²) in [6.45, 7) is 4.04. The van der Waals surface area contributed by atoms with E-state index >= 15 is 0 Å². The molecule has 0 amide bonds. The van der Waals surface area contributed by atoms with Crippen molar-refractivity contribution in [3.05, 3.63) is 6.33 Å². The minimum Gasteiger partial charge on any atom is -0.387 e. The summed E-state index contributed by atoms with van der Waals surface area (Å²) < 4.78 is 1.78. The first kappa shape index (κ1) is 14.0. The third-order valence-electron chi connectivity index (χ3n) is 2.83. The van der Waals surface area contributed by atoms with Gasteiger partial charge in [-0.25, -0.2) is 9.67 Å². The van der Waals surface area contributed by atoms with Gasteiger partial charge < -0.3 is 5.73 Å². The lowest BCUT2D eigenvalue weighted by Crippen LogP contribution is -2.30. The van der Waals surface area contributed by atoms with E-state index in [-0.39, 0.29) is 11.3 Å². The van der Waals surface area contributed by atoms with Gasteiger partial charge in [-0.2, -0.15) is 5.10 Å². The molecule has 0 aromatic carbocycles. The van der Waals surface area contributed by atoms with E-state index in [9.17, 15) is 0 Å². The molecule has 0 aliphatic heterocycles. The number of nitrogens with zero attached hydrogens (tertiary/aromatic N) is 3. The molecule has 0 fully saturated rings. The van der Waals surface area contributed by atoms with E-state index in [2.05, 4.69) is 10.1 Å². The minimum absolute atomic E-state index is 0.171. The Balaban J connectivity index is 2.17. The molecular weight excluding hydrogens is 234 g/mol. The van der Waals surface area contributed by atoms with Crippen LogP contribution in [-0.2, 0) is 7.05 Å². The average Bonchev–Trinajstić information content (AvgIpc) is 2.63. The standard InChI is InChI=1S/C11H21N5S/c1-11(2,9(12)13)6-4-5-7-17-10-14-8-15-16(10)3/h8H,4-7H2,1-3H3,(H3,12,13). The van der Waals surface area contributed by atoms with Crippen molar-refractivity contribution >= 4 is 17.6 Å². The first-order valence-corrected chi connectivity index (χ1v) is 6.73. The van der Waals surface area contributed by atoms with Gasteiger partial charge in [-0.15, -0.1) is 0 Å². The minimum atomic E-state index is -0.171.